The zero-order valence-electron chi connectivity index (χ0n) is 8.29. The number of thiophene rings is 1. The highest BCUT2D eigenvalue weighted by molar-refractivity contribution is 7.10. The van der Waals surface area contributed by atoms with Gasteiger partial charge in [0.2, 0.25) is 0 Å². The lowest BCUT2D eigenvalue weighted by Crippen LogP contribution is -1.88. The Balaban J connectivity index is 2.23. The average molecular weight is 225 g/mol. The van der Waals surface area contributed by atoms with Crippen molar-refractivity contribution in [2.45, 2.75) is 0 Å². The standard InChI is InChI=1S/C12H7N3S/c13-6-10-5-9(7-16-10)15-8-14-11-3-1-2-4-12(11)15/h1-5,7-8H. The summed E-state index contributed by atoms with van der Waals surface area (Å²) in [5.74, 6) is 0. The van der Waals surface area contributed by atoms with Crippen LogP contribution in [0.2, 0.25) is 0 Å². The molecule has 0 amide bonds. The van der Waals surface area contributed by atoms with Crippen LogP contribution in [0.1, 0.15) is 4.88 Å². The van der Waals surface area contributed by atoms with Crippen LogP contribution < -0.4 is 0 Å². The molecule has 0 spiro atoms. The van der Waals surface area contributed by atoms with Crippen LogP contribution in [0.5, 0.6) is 0 Å². The lowest BCUT2D eigenvalue weighted by atomic mass is 10.3. The predicted molar refractivity (Wildman–Crippen MR) is 63.7 cm³/mol. The molecular weight excluding hydrogens is 218 g/mol. The van der Waals surface area contributed by atoms with Crippen LogP contribution in [-0.2, 0) is 0 Å². The number of rotatable bonds is 1. The first-order valence-electron chi connectivity index (χ1n) is 4.79. The Hall–Kier alpha value is -2.12. The number of aromatic nitrogens is 2. The van der Waals surface area contributed by atoms with Gasteiger partial charge in [0.15, 0.2) is 0 Å². The van der Waals surface area contributed by atoms with Crippen molar-refractivity contribution < 1.29 is 0 Å². The van der Waals surface area contributed by atoms with Crippen molar-refractivity contribution >= 4 is 22.4 Å². The van der Waals surface area contributed by atoms with Gasteiger partial charge in [-0.1, -0.05) is 12.1 Å². The van der Waals surface area contributed by atoms with Gasteiger partial charge < -0.3 is 0 Å². The average Bonchev–Trinajstić information content (AvgIpc) is 2.94. The van der Waals surface area contributed by atoms with Crippen molar-refractivity contribution in [2.24, 2.45) is 0 Å². The predicted octanol–water partition coefficient (Wildman–Crippen LogP) is 2.96. The molecule has 0 radical (unpaired) electrons. The van der Waals surface area contributed by atoms with Crippen molar-refractivity contribution in [1.29, 1.82) is 5.26 Å². The molecule has 3 rings (SSSR count). The number of hydrogen-bond donors (Lipinski definition) is 0. The highest BCUT2D eigenvalue weighted by atomic mass is 32.1. The molecule has 3 aromatic rings. The van der Waals surface area contributed by atoms with Gasteiger partial charge in [-0.15, -0.1) is 11.3 Å². The van der Waals surface area contributed by atoms with Gasteiger partial charge in [0, 0.05) is 5.38 Å². The van der Waals surface area contributed by atoms with E-state index in [1.165, 1.54) is 11.3 Å². The molecule has 0 saturated heterocycles. The lowest BCUT2D eigenvalue weighted by molar-refractivity contribution is 1.10. The number of para-hydroxylation sites is 2. The summed E-state index contributed by atoms with van der Waals surface area (Å²) in [6.45, 7) is 0. The Morgan fingerprint density at radius 3 is 3.00 bits per heavy atom. The maximum atomic E-state index is 8.80. The second-order valence-electron chi connectivity index (χ2n) is 3.38. The molecule has 4 heteroatoms. The van der Waals surface area contributed by atoms with Crippen molar-refractivity contribution in [3.05, 3.63) is 46.9 Å². The molecule has 0 unspecified atom stereocenters. The van der Waals surface area contributed by atoms with E-state index in [9.17, 15) is 0 Å². The van der Waals surface area contributed by atoms with Gasteiger partial charge in [0.05, 0.1) is 16.7 Å². The molecule has 1 aromatic carbocycles. The van der Waals surface area contributed by atoms with E-state index in [4.69, 9.17) is 5.26 Å². The van der Waals surface area contributed by atoms with Crippen molar-refractivity contribution in [1.82, 2.24) is 9.55 Å². The maximum absolute atomic E-state index is 8.80. The van der Waals surface area contributed by atoms with Crippen molar-refractivity contribution in [3.63, 3.8) is 0 Å². The van der Waals surface area contributed by atoms with Crippen LogP contribution in [0.4, 0.5) is 0 Å². The molecule has 0 atom stereocenters. The number of hydrogen-bond acceptors (Lipinski definition) is 3. The highest BCUT2D eigenvalue weighted by Crippen LogP contribution is 2.22. The second kappa shape index (κ2) is 3.47. The Morgan fingerprint density at radius 2 is 2.19 bits per heavy atom. The summed E-state index contributed by atoms with van der Waals surface area (Å²) in [6, 6.07) is 12.0. The van der Waals surface area contributed by atoms with Crippen LogP contribution in [0.25, 0.3) is 16.7 Å². The fourth-order valence-corrected chi connectivity index (χ4v) is 2.35. The second-order valence-corrected chi connectivity index (χ2v) is 4.30. The van der Waals surface area contributed by atoms with Gasteiger partial charge in [-0.05, 0) is 18.2 Å². The molecule has 3 nitrogen and oxygen atoms in total. The fourth-order valence-electron chi connectivity index (χ4n) is 1.68. The van der Waals surface area contributed by atoms with Crippen LogP contribution in [-0.4, -0.2) is 9.55 Å². The number of nitrogens with zero attached hydrogens (tertiary/aromatic N) is 3. The van der Waals surface area contributed by atoms with Gasteiger partial charge in [-0.3, -0.25) is 4.57 Å². The first-order valence-corrected chi connectivity index (χ1v) is 5.67. The Morgan fingerprint density at radius 1 is 1.31 bits per heavy atom. The summed E-state index contributed by atoms with van der Waals surface area (Å²) in [5.41, 5.74) is 3.02. The molecule has 2 aromatic heterocycles. The van der Waals surface area contributed by atoms with Crippen LogP contribution in [0, 0.1) is 11.3 Å². The molecular formula is C12H7N3S. The van der Waals surface area contributed by atoms with E-state index >= 15 is 0 Å². The van der Waals surface area contributed by atoms with E-state index in [1.807, 2.05) is 40.3 Å². The summed E-state index contributed by atoms with van der Waals surface area (Å²) in [7, 11) is 0. The first kappa shape index (κ1) is 9.13. The Labute approximate surface area is 96.2 Å². The summed E-state index contributed by atoms with van der Waals surface area (Å²) in [5, 5.41) is 10.8. The number of fused-ring (bicyclic) bond motifs is 1. The molecule has 0 aliphatic rings. The smallest absolute Gasteiger partial charge is 0.110 e. The lowest BCUT2D eigenvalue weighted by Gasteiger charge is -1.98. The highest BCUT2D eigenvalue weighted by Gasteiger charge is 2.05. The molecule has 0 fully saturated rings. The minimum absolute atomic E-state index is 0.716. The minimum Gasteiger partial charge on any atom is -0.298 e. The first-order chi connectivity index (χ1) is 7.88. The van der Waals surface area contributed by atoms with Gasteiger partial charge >= 0.3 is 0 Å². The third-order valence-corrected chi connectivity index (χ3v) is 3.25. The summed E-state index contributed by atoms with van der Waals surface area (Å²) >= 11 is 1.45. The summed E-state index contributed by atoms with van der Waals surface area (Å²) < 4.78 is 1.99. The zero-order chi connectivity index (χ0) is 11.0. The number of nitriles is 1. The quantitative estimate of drug-likeness (QED) is 0.639. The van der Waals surface area contributed by atoms with Gasteiger partial charge in [-0.2, -0.15) is 5.26 Å². The van der Waals surface area contributed by atoms with Gasteiger partial charge in [0.25, 0.3) is 0 Å². The zero-order valence-corrected chi connectivity index (χ0v) is 9.11. The normalized spacial score (nSPS) is 10.4. The maximum Gasteiger partial charge on any atom is 0.110 e. The van der Waals surface area contributed by atoms with E-state index in [2.05, 4.69) is 11.1 Å². The van der Waals surface area contributed by atoms with Crippen LogP contribution in [0.3, 0.4) is 0 Å². The number of benzene rings is 1. The molecule has 0 bridgehead atoms. The largest absolute Gasteiger partial charge is 0.298 e. The monoisotopic (exact) mass is 225 g/mol. The molecule has 0 saturated carbocycles. The van der Waals surface area contributed by atoms with E-state index in [0.29, 0.717) is 4.88 Å². The molecule has 76 valence electrons. The fraction of sp³-hybridized carbons (Fsp3) is 0. The van der Waals surface area contributed by atoms with E-state index in [1.54, 1.807) is 6.33 Å². The molecule has 16 heavy (non-hydrogen) atoms. The van der Waals surface area contributed by atoms with Crippen molar-refractivity contribution in [3.8, 4) is 11.8 Å². The van der Waals surface area contributed by atoms with E-state index < -0.39 is 0 Å². The van der Waals surface area contributed by atoms with E-state index in [0.717, 1.165) is 16.7 Å². The van der Waals surface area contributed by atoms with E-state index in [-0.39, 0.29) is 0 Å². The number of imidazole rings is 1. The Kier molecular flexibility index (Phi) is 1.98. The minimum atomic E-state index is 0.716. The summed E-state index contributed by atoms with van der Waals surface area (Å²) in [4.78, 5) is 5.03. The van der Waals surface area contributed by atoms with Crippen LogP contribution >= 0.6 is 11.3 Å². The summed E-state index contributed by atoms with van der Waals surface area (Å²) in [6.07, 6.45) is 1.79. The molecule has 0 N–H and O–H groups in total. The third kappa shape index (κ3) is 1.30. The van der Waals surface area contributed by atoms with Gasteiger partial charge in [0.1, 0.15) is 17.3 Å². The van der Waals surface area contributed by atoms with Crippen molar-refractivity contribution in [2.75, 3.05) is 0 Å². The van der Waals surface area contributed by atoms with Gasteiger partial charge in [-0.25, -0.2) is 4.98 Å². The molecule has 2 heterocycles. The third-order valence-electron chi connectivity index (χ3n) is 2.43. The Bertz CT molecular complexity index is 687. The van der Waals surface area contributed by atoms with Crippen LogP contribution in [0.15, 0.2) is 42.0 Å². The molecule has 0 aliphatic heterocycles. The topological polar surface area (TPSA) is 41.6 Å². The SMILES string of the molecule is N#Cc1cc(-n2cnc3ccccc32)cs1. The molecule has 0 aliphatic carbocycles.